The van der Waals surface area contributed by atoms with Crippen LogP contribution in [0.1, 0.15) is 43.7 Å². The number of hydrogen-bond acceptors (Lipinski definition) is 3. The highest BCUT2D eigenvalue weighted by atomic mass is 35.5. The number of amides is 1. The summed E-state index contributed by atoms with van der Waals surface area (Å²) in [4.78, 5) is 18.0. The van der Waals surface area contributed by atoms with Crippen LogP contribution in [0.3, 0.4) is 0 Å². The molecular weight excluding hydrogens is 366 g/mol. The summed E-state index contributed by atoms with van der Waals surface area (Å²) in [6.45, 7) is 6.10. The second kappa shape index (κ2) is 7.68. The highest BCUT2D eigenvalue weighted by molar-refractivity contribution is 5.94. The van der Waals surface area contributed by atoms with E-state index in [1.165, 1.54) is 13.0 Å². The fraction of sp³-hybridized carbons (Fsp3) is 0.333. The molecule has 1 amide bonds. The molecular formula is C18H21Cl2FN2O2. The van der Waals surface area contributed by atoms with Gasteiger partial charge in [-0.3, -0.25) is 9.78 Å². The van der Waals surface area contributed by atoms with Gasteiger partial charge in [-0.05, 0) is 12.1 Å². The van der Waals surface area contributed by atoms with Gasteiger partial charge in [-0.25, -0.2) is 4.39 Å². The van der Waals surface area contributed by atoms with E-state index in [1.54, 1.807) is 35.4 Å². The minimum Gasteiger partial charge on any atom is -0.383 e. The smallest absolute Gasteiger partial charge is 0.223 e. The summed E-state index contributed by atoms with van der Waals surface area (Å²) in [5.41, 5.74) is 1.92. The molecule has 0 saturated carbocycles. The van der Waals surface area contributed by atoms with Gasteiger partial charge in [0.15, 0.2) is 0 Å². The van der Waals surface area contributed by atoms with Crippen molar-refractivity contribution in [3.05, 3.63) is 59.2 Å². The lowest BCUT2D eigenvalue weighted by atomic mass is 9.90. The monoisotopic (exact) mass is 386 g/mol. The average Bonchev–Trinajstić information content (AvgIpc) is 2.78. The van der Waals surface area contributed by atoms with Gasteiger partial charge in [0, 0.05) is 36.2 Å². The molecule has 0 unspecified atom stereocenters. The minimum absolute atomic E-state index is 0. The van der Waals surface area contributed by atoms with Crippen molar-refractivity contribution in [3.8, 4) is 0 Å². The molecule has 0 spiro atoms. The number of aromatic nitrogens is 1. The molecule has 2 aromatic rings. The molecule has 0 radical (unpaired) electrons. The SMILES string of the molecule is CC(=O)N1CC(C)(C)c2ncc([C@H](O)c3ccccc3F)cc21.Cl.Cl. The molecule has 0 bridgehead atoms. The summed E-state index contributed by atoms with van der Waals surface area (Å²) in [6, 6.07) is 7.83. The average molecular weight is 387 g/mol. The zero-order valence-electron chi connectivity index (χ0n) is 14.2. The molecule has 7 heteroatoms. The number of carbonyl (C=O) groups excluding carboxylic acids is 1. The van der Waals surface area contributed by atoms with Crippen LogP contribution in [0.2, 0.25) is 0 Å². The van der Waals surface area contributed by atoms with Crippen LogP contribution in [-0.2, 0) is 10.2 Å². The van der Waals surface area contributed by atoms with E-state index in [2.05, 4.69) is 4.98 Å². The summed E-state index contributed by atoms with van der Waals surface area (Å²) >= 11 is 0. The Kier molecular flexibility index (Phi) is 6.56. The lowest BCUT2D eigenvalue weighted by molar-refractivity contribution is -0.116. The van der Waals surface area contributed by atoms with Gasteiger partial charge in [-0.2, -0.15) is 0 Å². The number of anilines is 1. The molecule has 0 saturated heterocycles. The lowest BCUT2D eigenvalue weighted by Gasteiger charge is -2.18. The number of hydrogen-bond donors (Lipinski definition) is 1. The fourth-order valence-electron chi connectivity index (χ4n) is 3.06. The number of rotatable bonds is 2. The zero-order valence-corrected chi connectivity index (χ0v) is 15.8. The molecule has 25 heavy (non-hydrogen) atoms. The molecule has 1 aromatic carbocycles. The van der Waals surface area contributed by atoms with Crippen molar-refractivity contribution >= 4 is 36.4 Å². The van der Waals surface area contributed by atoms with Gasteiger partial charge < -0.3 is 10.0 Å². The van der Waals surface area contributed by atoms with Crippen molar-refractivity contribution in [2.24, 2.45) is 0 Å². The molecule has 1 aromatic heterocycles. The van der Waals surface area contributed by atoms with Crippen LogP contribution in [0.5, 0.6) is 0 Å². The van der Waals surface area contributed by atoms with Crippen molar-refractivity contribution in [2.45, 2.75) is 32.3 Å². The molecule has 1 aliphatic heterocycles. The van der Waals surface area contributed by atoms with E-state index in [9.17, 15) is 14.3 Å². The Morgan fingerprint density at radius 3 is 2.56 bits per heavy atom. The van der Waals surface area contributed by atoms with Gasteiger partial charge in [0.05, 0.1) is 11.4 Å². The molecule has 0 aliphatic carbocycles. The summed E-state index contributed by atoms with van der Waals surface area (Å²) < 4.78 is 13.9. The maximum atomic E-state index is 13.9. The number of halogens is 3. The first-order valence-electron chi connectivity index (χ1n) is 7.52. The van der Waals surface area contributed by atoms with E-state index in [4.69, 9.17) is 0 Å². The number of pyridine rings is 1. The first-order valence-corrected chi connectivity index (χ1v) is 7.52. The number of aliphatic hydroxyl groups excluding tert-OH is 1. The van der Waals surface area contributed by atoms with Crippen molar-refractivity contribution in [3.63, 3.8) is 0 Å². The Hall–Kier alpha value is -1.69. The van der Waals surface area contributed by atoms with Crippen molar-refractivity contribution in [1.29, 1.82) is 0 Å². The molecule has 1 aliphatic rings. The lowest BCUT2D eigenvalue weighted by Crippen LogP contribution is -2.32. The normalized spacial score (nSPS) is 15.6. The predicted molar refractivity (Wildman–Crippen MR) is 100 cm³/mol. The number of fused-ring (bicyclic) bond motifs is 1. The zero-order chi connectivity index (χ0) is 16.8. The predicted octanol–water partition coefficient (Wildman–Crippen LogP) is 3.79. The highest BCUT2D eigenvalue weighted by Crippen LogP contribution is 2.40. The number of aliphatic hydroxyl groups is 1. The van der Waals surface area contributed by atoms with Crippen LogP contribution in [0, 0.1) is 5.82 Å². The number of benzene rings is 1. The maximum Gasteiger partial charge on any atom is 0.223 e. The topological polar surface area (TPSA) is 53.4 Å². The Labute approximate surface area is 158 Å². The van der Waals surface area contributed by atoms with Crippen LogP contribution in [0.15, 0.2) is 36.5 Å². The van der Waals surface area contributed by atoms with Crippen molar-refractivity contribution in [1.82, 2.24) is 4.98 Å². The quantitative estimate of drug-likeness (QED) is 0.853. The van der Waals surface area contributed by atoms with Gasteiger partial charge in [0.1, 0.15) is 11.9 Å². The van der Waals surface area contributed by atoms with Crippen LogP contribution in [0.25, 0.3) is 0 Å². The summed E-state index contributed by atoms with van der Waals surface area (Å²) in [7, 11) is 0. The summed E-state index contributed by atoms with van der Waals surface area (Å²) in [5, 5.41) is 10.5. The number of nitrogens with zero attached hydrogens (tertiary/aromatic N) is 2. The molecule has 136 valence electrons. The van der Waals surface area contributed by atoms with E-state index in [-0.39, 0.29) is 41.7 Å². The molecule has 1 N–H and O–H groups in total. The Morgan fingerprint density at radius 1 is 1.32 bits per heavy atom. The maximum absolute atomic E-state index is 13.9. The van der Waals surface area contributed by atoms with Gasteiger partial charge in [0.2, 0.25) is 5.91 Å². The van der Waals surface area contributed by atoms with Crippen molar-refractivity contribution in [2.75, 3.05) is 11.4 Å². The Balaban J connectivity index is 0.00000156. The van der Waals surface area contributed by atoms with Crippen LogP contribution >= 0.6 is 24.8 Å². The first kappa shape index (κ1) is 21.4. The van der Waals surface area contributed by atoms with E-state index in [0.717, 1.165) is 5.69 Å². The third-order valence-corrected chi connectivity index (χ3v) is 4.27. The van der Waals surface area contributed by atoms with Crippen molar-refractivity contribution < 1.29 is 14.3 Å². The summed E-state index contributed by atoms with van der Waals surface area (Å²) in [5.74, 6) is -0.541. The molecule has 1 atom stereocenters. The van der Waals surface area contributed by atoms with E-state index in [1.807, 2.05) is 13.8 Å². The minimum atomic E-state index is -1.12. The highest BCUT2D eigenvalue weighted by Gasteiger charge is 2.38. The standard InChI is InChI=1S/C18H19FN2O2.2ClH/c1-11(22)21-10-18(2,3)17-15(21)8-12(9-20-17)16(23)13-6-4-5-7-14(13)19;;/h4-9,16,23H,10H2,1-3H3;2*1H/t16-;;/m0../s1. The summed E-state index contributed by atoms with van der Waals surface area (Å²) in [6.07, 6.45) is 0.438. The number of carbonyl (C=O) groups is 1. The molecule has 3 rings (SSSR count). The largest absolute Gasteiger partial charge is 0.383 e. The van der Waals surface area contributed by atoms with Gasteiger partial charge in [0.25, 0.3) is 0 Å². The van der Waals surface area contributed by atoms with Crippen LogP contribution < -0.4 is 4.90 Å². The first-order chi connectivity index (χ1) is 10.8. The molecule has 0 fully saturated rings. The second-order valence-corrected chi connectivity index (χ2v) is 6.55. The third kappa shape index (κ3) is 3.78. The third-order valence-electron chi connectivity index (χ3n) is 4.27. The van der Waals surface area contributed by atoms with Gasteiger partial charge >= 0.3 is 0 Å². The molecule has 4 nitrogen and oxygen atoms in total. The second-order valence-electron chi connectivity index (χ2n) is 6.55. The Bertz CT molecular complexity index is 783. The fourth-order valence-corrected chi connectivity index (χ4v) is 3.06. The van der Waals surface area contributed by atoms with Gasteiger partial charge in [-0.15, -0.1) is 24.8 Å². The Morgan fingerprint density at radius 2 is 1.96 bits per heavy atom. The van der Waals surface area contributed by atoms with E-state index in [0.29, 0.717) is 17.8 Å². The van der Waals surface area contributed by atoms with E-state index >= 15 is 0 Å². The van der Waals surface area contributed by atoms with Gasteiger partial charge in [-0.1, -0.05) is 32.0 Å². The van der Waals surface area contributed by atoms with Crippen LogP contribution in [0.4, 0.5) is 10.1 Å². The molecule has 2 heterocycles. The van der Waals surface area contributed by atoms with Crippen LogP contribution in [-0.4, -0.2) is 22.5 Å². The van der Waals surface area contributed by atoms with E-state index < -0.39 is 11.9 Å².